The number of piperidine rings is 1. The standard InChI is InChI=1S/C22H31N5O4S2/c1-3-27-20-8-7-18(33(30,31)26-9-5-4-6-10-26)15-19(20)23-22(27)32-16-21(29)25-13-11-24(12-14-25)17(2)28/h7-8,15H,3-6,9-14,16H2,1-2H3. The molecule has 2 aromatic rings. The molecule has 180 valence electrons. The summed E-state index contributed by atoms with van der Waals surface area (Å²) in [5.41, 5.74) is 1.49. The van der Waals surface area contributed by atoms with Crippen molar-refractivity contribution in [1.29, 1.82) is 0 Å². The highest BCUT2D eigenvalue weighted by Gasteiger charge is 2.27. The van der Waals surface area contributed by atoms with Gasteiger partial charge in [0.2, 0.25) is 21.8 Å². The number of carbonyl (C=O) groups excluding carboxylic acids is 2. The Hall–Kier alpha value is -2.11. The van der Waals surface area contributed by atoms with Crippen LogP contribution in [0.4, 0.5) is 0 Å². The quantitative estimate of drug-likeness (QED) is 0.572. The van der Waals surface area contributed by atoms with E-state index < -0.39 is 10.0 Å². The molecule has 2 aliphatic rings. The molecular formula is C22H31N5O4S2. The SMILES string of the molecule is CCn1c(SCC(=O)N2CCN(C(C)=O)CC2)nc2cc(S(=O)(=O)N3CCCCC3)ccc21. The summed E-state index contributed by atoms with van der Waals surface area (Å²) in [6.45, 7) is 7.56. The second-order valence-electron chi connectivity index (χ2n) is 8.43. The van der Waals surface area contributed by atoms with E-state index in [0.717, 1.165) is 24.8 Å². The van der Waals surface area contributed by atoms with E-state index in [0.29, 0.717) is 56.5 Å². The van der Waals surface area contributed by atoms with E-state index in [2.05, 4.69) is 4.98 Å². The number of imidazole rings is 1. The molecule has 0 saturated carbocycles. The second kappa shape index (κ2) is 10.0. The van der Waals surface area contributed by atoms with Gasteiger partial charge in [0.15, 0.2) is 5.16 Å². The maximum Gasteiger partial charge on any atom is 0.243 e. The zero-order chi connectivity index (χ0) is 23.6. The third-order valence-electron chi connectivity index (χ3n) is 6.36. The fourth-order valence-electron chi connectivity index (χ4n) is 4.41. The van der Waals surface area contributed by atoms with Crippen LogP contribution in [0.15, 0.2) is 28.3 Å². The van der Waals surface area contributed by atoms with Crippen LogP contribution < -0.4 is 0 Å². The van der Waals surface area contributed by atoms with Crippen LogP contribution in [0, 0.1) is 0 Å². The van der Waals surface area contributed by atoms with Gasteiger partial charge < -0.3 is 14.4 Å². The van der Waals surface area contributed by atoms with Crippen molar-refractivity contribution in [3.05, 3.63) is 18.2 Å². The zero-order valence-electron chi connectivity index (χ0n) is 19.2. The molecule has 1 aromatic carbocycles. The van der Waals surface area contributed by atoms with Crippen molar-refractivity contribution >= 4 is 44.6 Å². The van der Waals surface area contributed by atoms with Crippen LogP contribution in [0.2, 0.25) is 0 Å². The van der Waals surface area contributed by atoms with Crippen molar-refractivity contribution in [2.24, 2.45) is 0 Å². The smallest absolute Gasteiger partial charge is 0.243 e. The van der Waals surface area contributed by atoms with E-state index in [9.17, 15) is 18.0 Å². The zero-order valence-corrected chi connectivity index (χ0v) is 20.8. The maximum atomic E-state index is 13.1. The highest BCUT2D eigenvalue weighted by atomic mass is 32.2. The molecule has 2 aliphatic heterocycles. The van der Waals surface area contributed by atoms with Gasteiger partial charge in [-0.2, -0.15) is 4.31 Å². The summed E-state index contributed by atoms with van der Waals surface area (Å²) in [4.78, 5) is 32.7. The van der Waals surface area contributed by atoms with Crippen LogP contribution in [0.5, 0.6) is 0 Å². The van der Waals surface area contributed by atoms with Crippen LogP contribution in [0.25, 0.3) is 11.0 Å². The highest BCUT2D eigenvalue weighted by Crippen LogP contribution is 2.28. The van der Waals surface area contributed by atoms with E-state index in [4.69, 9.17) is 0 Å². The Morgan fingerprint density at radius 1 is 1.00 bits per heavy atom. The van der Waals surface area contributed by atoms with E-state index in [1.807, 2.05) is 17.6 Å². The number of nitrogens with zero attached hydrogens (tertiary/aromatic N) is 5. The first-order valence-corrected chi connectivity index (χ1v) is 13.9. The number of rotatable bonds is 6. The summed E-state index contributed by atoms with van der Waals surface area (Å²) in [5, 5.41) is 0.704. The van der Waals surface area contributed by atoms with Crippen LogP contribution in [-0.2, 0) is 26.2 Å². The molecule has 2 saturated heterocycles. The lowest BCUT2D eigenvalue weighted by molar-refractivity contribution is -0.136. The summed E-state index contributed by atoms with van der Waals surface area (Å²) >= 11 is 1.37. The van der Waals surface area contributed by atoms with Gasteiger partial charge in [-0.05, 0) is 38.0 Å². The molecule has 0 N–H and O–H groups in total. The Labute approximate surface area is 199 Å². The number of thioether (sulfide) groups is 1. The van der Waals surface area contributed by atoms with Gasteiger partial charge in [0, 0.05) is 52.7 Å². The number of aromatic nitrogens is 2. The first-order valence-electron chi connectivity index (χ1n) is 11.5. The molecule has 2 amide bonds. The number of sulfonamides is 1. The predicted molar refractivity (Wildman–Crippen MR) is 128 cm³/mol. The molecule has 11 heteroatoms. The summed E-state index contributed by atoms with van der Waals surface area (Å²) in [5.74, 6) is 0.309. The van der Waals surface area contributed by atoms with Gasteiger partial charge in [0.25, 0.3) is 0 Å². The maximum absolute atomic E-state index is 13.1. The highest BCUT2D eigenvalue weighted by molar-refractivity contribution is 7.99. The largest absolute Gasteiger partial charge is 0.339 e. The third-order valence-corrected chi connectivity index (χ3v) is 9.21. The van der Waals surface area contributed by atoms with E-state index in [1.165, 1.54) is 11.8 Å². The number of piperazine rings is 1. The molecular weight excluding hydrogens is 462 g/mol. The van der Waals surface area contributed by atoms with Crippen LogP contribution in [0.3, 0.4) is 0 Å². The van der Waals surface area contributed by atoms with Gasteiger partial charge >= 0.3 is 0 Å². The lowest BCUT2D eigenvalue weighted by atomic mass is 10.2. The number of amides is 2. The van der Waals surface area contributed by atoms with Crippen molar-refractivity contribution in [1.82, 2.24) is 23.7 Å². The Kier molecular flexibility index (Phi) is 7.30. The van der Waals surface area contributed by atoms with Gasteiger partial charge in [0.05, 0.1) is 21.7 Å². The number of benzene rings is 1. The van der Waals surface area contributed by atoms with Gasteiger partial charge in [-0.1, -0.05) is 18.2 Å². The average molecular weight is 494 g/mol. The molecule has 0 bridgehead atoms. The molecule has 4 rings (SSSR count). The molecule has 9 nitrogen and oxygen atoms in total. The van der Waals surface area contributed by atoms with Crippen molar-refractivity contribution in [2.75, 3.05) is 45.0 Å². The van der Waals surface area contributed by atoms with Crippen LogP contribution >= 0.6 is 11.8 Å². The summed E-state index contributed by atoms with van der Waals surface area (Å²) in [7, 11) is -3.53. The predicted octanol–water partition coefficient (Wildman–Crippen LogP) is 2.01. The molecule has 1 aromatic heterocycles. The van der Waals surface area contributed by atoms with Crippen LogP contribution in [0.1, 0.15) is 33.1 Å². The lowest BCUT2D eigenvalue weighted by Crippen LogP contribution is -2.50. The third kappa shape index (κ3) is 5.04. The number of hydrogen-bond acceptors (Lipinski definition) is 6. The van der Waals surface area contributed by atoms with Gasteiger partial charge in [0.1, 0.15) is 0 Å². The molecule has 0 aliphatic carbocycles. The minimum Gasteiger partial charge on any atom is -0.339 e. The number of carbonyl (C=O) groups is 2. The number of fused-ring (bicyclic) bond motifs is 1. The molecule has 33 heavy (non-hydrogen) atoms. The van der Waals surface area contributed by atoms with Gasteiger partial charge in [-0.3, -0.25) is 9.59 Å². The van der Waals surface area contributed by atoms with E-state index in [-0.39, 0.29) is 22.5 Å². The first kappa shape index (κ1) is 24.0. The van der Waals surface area contributed by atoms with Crippen molar-refractivity contribution < 1.29 is 18.0 Å². The molecule has 0 spiro atoms. The monoisotopic (exact) mass is 493 g/mol. The van der Waals surface area contributed by atoms with Crippen molar-refractivity contribution in [2.45, 2.75) is 49.7 Å². The van der Waals surface area contributed by atoms with E-state index >= 15 is 0 Å². The Morgan fingerprint density at radius 2 is 1.67 bits per heavy atom. The first-order chi connectivity index (χ1) is 15.8. The summed E-state index contributed by atoms with van der Waals surface area (Å²) in [6, 6.07) is 5.13. The molecule has 0 unspecified atom stereocenters. The Balaban J connectivity index is 1.48. The molecule has 0 atom stereocenters. The van der Waals surface area contributed by atoms with Gasteiger partial charge in [-0.25, -0.2) is 13.4 Å². The van der Waals surface area contributed by atoms with Gasteiger partial charge in [-0.15, -0.1) is 0 Å². The summed E-state index contributed by atoms with van der Waals surface area (Å²) in [6.07, 6.45) is 2.85. The number of aryl methyl sites for hydroxylation is 1. The average Bonchev–Trinajstić information content (AvgIpc) is 3.19. The van der Waals surface area contributed by atoms with Crippen molar-refractivity contribution in [3.8, 4) is 0 Å². The van der Waals surface area contributed by atoms with Crippen molar-refractivity contribution in [3.63, 3.8) is 0 Å². The Bertz CT molecular complexity index is 1130. The minimum atomic E-state index is -3.53. The lowest BCUT2D eigenvalue weighted by Gasteiger charge is -2.34. The number of hydrogen-bond donors (Lipinski definition) is 0. The van der Waals surface area contributed by atoms with Crippen LogP contribution in [-0.4, -0.2) is 88.9 Å². The fraction of sp³-hybridized carbons (Fsp3) is 0.591. The molecule has 0 radical (unpaired) electrons. The van der Waals surface area contributed by atoms with E-state index in [1.54, 1.807) is 33.2 Å². The second-order valence-corrected chi connectivity index (χ2v) is 11.3. The fourth-order valence-corrected chi connectivity index (χ4v) is 6.93. The normalized spacial score (nSPS) is 18.1. The minimum absolute atomic E-state index is 0.0197. The summed E-state index contributed by atoms with van der Waals surface area (Å²) < 4.78 is 29.7. The molecule has 2 fully saturated rings. The Morgan fingerprint density at radius 3 is 2.30 bits per heavy atom. The topological polar surface area (TPSA) is 95.8 Å². The molecule has 3 heterocycles.